The minimum Gasteiger partial charge on any atom is -0.476 e. The monoisotopic (exact) mass is 1550 g/mol. The normalized spacial score (nSPS) is 15.6. The minimum absolute atomic E-state index is 0.242. The Balaban J connectivity index is 7.55. The lowest BCUT2D eigenvalue weighted by Gasteiger charge is -2.33. The molecule has 8 N–H and O–H groups in total. The molecule has 0 rings (SSSR count). The van der Waals surface area contributed by atoms with Crippen molar-refractivity contribution in [2.24, 2.45) is 27.6 Å². The quantitative estimate of drug-likeness (QED) is 0.00702. The van der Waals surface area contributed by atoms with Crippen molar-refractivity contribution in [1.29, 1.82) is 0 Å². The van der Waals surface area contributed by atoms with Gasteiger partial charge >= 0.3 is 93.1 Å². The molecule has 0 saturated heterocycles. The van der Waals surface area contributed by atoms with Crippen LogP contribution in [0.25, 0.3) is 0 Å². The minimum atomic E-state index is -6.79. The van der Waals surface area contributed by atoms with Crippen LogP contribution in [0.4, 0.5) is 71.1 Å². The summed E-state index contributed by atoms with van der Waals surface area (Å²) < 4.78 is 249. The Kier molecular flexibility index (Phi) is 37.5. The van der Waals surface area contributed by atoms with Gasteiger partial charge in [0, 0.05) is 24.6 Å². The van der Waals surface area contributed by atoms with Crippen molar-refractivity contribution in [3.05, 3.63) is 0 Å². The number of amides is 4. The maximum Gasteiger partial charge on any atom is 0.460 e. The van der Waals surface area contributed by atoms with Gasteiger partial charge in [-0.25, -0.2) is 9.59 Å². The predicted octanol–water partition coefficient (Wildman–Crippen LogP) is 10.4. The number of carbonyl (C=O) groups excluding carboxylic acids is 7. The van der Waals surface area contributed by atoms with Crippen LogP contribution in [0.5, 0.6) is 0 Å². The van der Waals surface area contributed by atoms with Gasteiger partial charge in [-0.15, -0.1) is 0 Å². The lowest BCUT2D eigenvalue weighted by molar-refractivity contribution is -0.360. The summed E-state index contributed by atoms with van der Waals surface area (Å²) in [5.74, 6) is -34.5. The van der Waals surface area contributed by atoms with Crippen molar-refractivity contribution in [2.45, 2.75) is 168 Å². The first-order valence-corrected chi connectivity index (χ1v) is 35.5. The molecule has 566 valence electrons. The highest BCUT2D eigenvalue weighted by Gasteiger charge is 2.74. The zero-order chi connectivity index (χ0) is 75.7. The van der Waals surface area contributed by atoms with Crippen LogP contribution in [-0.2, 0) is 66.3 Å². The maximum absolute atomic E-state index is 14.4. The van der Waals surface area contributed by atoms with Gasteiger partial charge in [0.1, 0.15) is 13.2 Å². The number of halogens is 14. The first kappa shape index (κ1) is 92.7. The number of urea groups is 2. The van der Waals surface area contributed by atoms with Crippen LogP contribution in [0, 0.1) is 27.6 Å². The predicted molar refractivity (Wildman–Crippen MR) is 329 cm³/mol. The number of ether oxygens (including phenoxy) is 7. The molecule has 4 atom stereocenters. The number of rotatable bonds is 43. The number of hydrogen-bond acceptors (Lipinski definition) is 20. The molecule has 0 aliphatic heterocycles. The van der Waals surface area contributed by atoms with E-state index in [-0.39, 0.29) is 21.6 Å². The molecule has 0 spiro atoms. The average Bonchev–Trinajstić information content (AvgIpc) is 0.786. The summed E-state index contributed by atoms with van der Waals surface area (Å²) in [7, 11) is -8.14. The van der Waals surface area contributed by atoms with Crippen molar-refractivity contribution >= 4 is 114 Å². The van der Waals surface area contributed by atoms with Crippen molar-refractivity contribution in [3.8, 4) is 0 Å². The van der Waals surface area contributed by atoms with E-state index in [1.165, 1.54) is 41.5 Å². The molecule has 0 saturated carbocycles. The van der Waals surface area contributed by atoms with Crippen LogP contribution < -0.4 is 21.3 Å². The van der Waals surface area contributed by atoms with Crippen LogP contribution in [0.2, 0.25) is 0 Å². The van der Waals surface area contributed by atoms with E-state index in [1.807, 2.05) is 0 Å². The fourth-order valence-corrected chi connectivity index (χ4v) is 11.7. The van der Waals surface area contributed by atoms with E-state index < -0.39 is 261 Å². The first-order valence-electron chi connectivity index (χ1n) is 29.1. The number of methoxy groups -OCH3 is 1. The smallest absolute Gasteiger partial charge is 0.460 e. The van der Waals surface area contributed by atoms with Crippen LogP contribution in [0.15, 0.2) is 0 Å². The third-order valence-corrected chi connectivity index (χ3v) is 18.9. The summed E-state index contributed by atoms with van der Waals surface area (Å²) >= 11 is 11.5. The Labute approximate surface area is 568 Å². The second-order valence-corrected chi connectivity index (χ2v) is 30.5. The van der Waals surface area contributed by atoms with Crippen LogP contribution in [0.3, 0.4) is 0 Å². The Morgan fingerprint density at radius 3 is 1.03 bits per heavy atom. The molecule has 0 radical (unpaired) electrons. The molecule has 0 bridgehead atoms. The van der Waals surface area contributed by atoms with E-state index in [9.17, 15) is 104 Å². The number of nitrogens with one attached hydrogen (secondary N) is 4. The maximum atomic E-state index is 14.4. The van der Waals surface area contributed by atoms with E-state index >= 15 is 0 Å². The van der Waals surface area contributed by atoms with Crippen LogP contribution in [0.1, 0.15) is 120 Å². The van der Waals surface area contributed by atoms with E-state index in [2.05, 4.69) is 30.7 Å². The molecular formula is C53H82F14N4O20P2S4. The molecule has 0 aliphatic carbocycles. The third kappa shape index (κ3) is 32.9. The van der Waals surface area contributed by atoms with Gasteiger partial charge in [-0.3, -0.25) is 33.1 Å². The van der Waals surface area contributed by atoms with Gasteiger partial charge < -0.3 is 74.0 Å². The molecule has 24 nitrogen and oxygen atoms in total. The molecule has 4 amide bonds. The van der Waals surface area contributed by atoms with E-state index in [1.54, 1.807) is 0 Å². The van der Waals surface area contributed by atoms with Crippen molar-refractivity contribution in [3.63, 3.8) is 0 Å². The van der Waals surface area contributed by atoms with Gasteiger partial charge in [-0.2, -0.15) is 61.5 Å². The number of esters is 5. The Bertz CT molecular complexity index is 2570. The highest BCUT2D eigenvalue weighted by atomic mass is 32.2. The van der Waals surface area contributed by atoms with Gasteiger partial charge in [0.15, 0.2) is 13.2 Å². The molecule has 97 heavy (non-hydrogen) atoms. The highest BCUT2D eigenvalue weighted by Crippen LogP contribution is 2.49. The van der Waals surface area contributed by atoms with Gasteiger partial charge in [-0.05, 0) is 131 Å². The molecular weight excluding hydrogens is 1470 g/mol. The van der Waals surface area contributed by atoms with Crippen LogP contribution >= 0.6 is 63.2 Å². The SMILES string of the molecule is COC(=O)C(CCC(C)(CCCC(C)(CSC(=S)OC(C)C)C(=O)OCC(F)(F)C(F)(F)C(F)(F)F)C(=O)OCCNC(=O)NCCP(=O)(O)O)CCC(C)(CCCC(C)(CSC(=S)OC(C)C)C(=O)OCC(F)(F)C(F)(F)C(F)(F)F)C(=O)OCCNC(=O)NCCP(=O)(O)O. The molecule has 0 heterocycles. The molecule has 0 fully saturated rings. The fourth-order valence-electron chi connectivity index (χ4n) is 8.26. The molecule has 0 aliphatic rings. The number of carbonyl (C=O) groups is 7. The summed E-state index contributed by atoms with van der Waals surface area (Å²) in [6, 6.07) is -1.95. The van der Waals surface area contributed by atoms with Gasteiger partial charge in [0.2, 0.25) is 8.77 Å². The zero-order valence-corrected chi connectivity index (χ0v) is 59.0. The molecule has 44 heteroatoms. The van der Waals surface area contributed by atoms with Gasteiger partial charge in [0.25, 0.3) is 0 Å². The van der Waals surface area contributed by atoms with E-state index in [0.717, 1.165) is 21.0 Å². The zero-order valence-electron chi connectivity index (χ0n) is 53.9. The molecule has 0 aromatic carbocycles. The van der Waals surface area contributed by atoms with Gasteiger partial charge in [0.05, 0.1) is 72.3 Å². The first-order chi connectivity index (χ1) is 43.9. The fraction of sp³-hybridized carbons (Fsp3) is 0.830. The Morgan fingerprint density at radius 1 is 0.464 bits per heavy atom. The van der Waals surface area contributed by atoms with Crippen LogP contribution in [-0.4, -0.2) is 202 Å². The second kappa shape index (κ2) is 39.2. The van der Waals surface area contributed by atoms with Gasteiger partial charge in [-0.1, -0.05) is 36.4 Å². The summed E-state index contributed by atoms with van der Waals surface area (Å²) in [6.07, 6.45) is -20.6. The average molecular weight is 1550 g/mol. The summed E-state index contributed by atoms with van der Waals surface area (Å²) in [5.41, 5.74) is -7.92. The highest BCUT2D eigenvalue weighted by molar-refractivity contribution is 8.23. The van der Waals surface area contributed by atoms with Crippen molar-refractivity contribution in [2.75, 3.05) is 83.5 Å². The number of hydrogen-bond donors (Lipinski definition) is 8. The summed E-state index contributed by atoms with van der Waals surface area (Å²) in [4.78, 5) is 130. The standard InChI is InChI=1S/C53H82F14N4O20P2S4/c1-32(2)90-42(94)96-30-46(7,38(75)88-28-48(54,55)50(58,59)52(62,63)64)16-10-14-44(5,36(73)86-24-20-68-40(77)70-22-26-92(79,80)81)18-12-34(35(72)85-9)13-19-45(6,37(74)87-25-21-69-41(78)71-23-27-93(82,83)84)15-11-17-47(8,31-97-43(95)91-33(3)4)39(76)89-29-49(56,57)51(60,61)53(65,66)67/h32-34H,10-31H2,1-9H3,(H2,68,70,77)(H2,69,71,78)(H2,79,80,81)(H2,82,83,84). The molecule has 0 aromatic rings. The van der Waals surface area contributed by atoms with Crippen molar-refractivity contribution < 1.29 is 157 Å². The van der Waals surface area contributed by atoms with Crippen molar-refractivity contribution in [1.82, 2.24) is 21.3 Å². The molecule has 0 aromatic heterocycles. The Hall–Kier alpha value is -4.31. The number of thioether (sulfide) groups is 2. The third-order valence-electron chi connectivity index (χ3n) is 14.2. The molecule has 4 unspecified atom stereocenters. The van der Waals surface area contributed by atoms with E-state index in [0.29, 0.717) is 23.5 Å². The number of alkyl halides is 14. The summed E-state index contributed by atoms with van der Waals surface area (Å²) in [5, 5.41) is 8.80. The largest absolute Gasteiger partial charge is 0.476 e. The lowest BCUT2D eigenvalue weighted by Crippen LogP contribution is -2.54. The summed E-state index contributed by atoms with van der Waals surface area (Å²) in [6.45, 7) is 2.08. The lowest BCUT2D eigenvalue weighted by atomic mass is 9.74. The number of thiocarbonyl (C=S) groups is 2. The second-order valence-electron chi connectivity index (χ2n) is 23.8. The topological polar surface area (TPSA) is 347 Å². The Morgan fingerprint density at radius 2 is 0.753 bits per heavy atom. The van der Waals surface area contributed by atoms with E-state index in [4.69, 9.17) is 67.7 Å².